The van der Waals surface area contributed by atoms with Crippen molar-refractivity contribution in [2.24, 2.45) is 0 Å². The summed E-state index contributed by atoms with van der Waals surface area (Å²) in [6.07, 6.45) is 6.73. The Labute approximate surface area is 99.4 Å². The van der Waals surface area contributed by atoms with Gasteiger partial charge in [-0.1, -0.05) is 0 Å². The molecule has 0 saturated heterocycles. The molecule has 0 aromatic heterocycles. The second-order valence-electron chi connectivity index (χ2n) is 5.35. The Morgan fingerprint density at radius 1 is 1.25 bits per heavy atom. The molecule has 0 N–H and O–H groups in total. The summed E-state index contributed by atoms with van der Waals surface area (Å²) in [4.78, 5) is 11.1. The number of ether oxygens (including phenoxy) is 1. The van der Waals surface area contributed by atoms with Crippen molar-refractivity contribution >= 4 is 5.97 Å². The Kier molecular flexibility index (Phi) is 5.26. The molecule has 1 saturated carbocycles. The van der Waals surface area contributed by atoms with Crippen LogP contribution in [0, 0.1) is 0 Å². The lowest BCUT2D eigenvalue weighted by atomic mass is 10.2. The maximum atomic E-state index is 11.1. The topological polar surface area (TPSA) is 26.3 Å². The molecule has 3 heteroatoms. The SMILES string of the molecule is CCOC(=O)CCCCC[N+](C)(C)C1CC1. The molecule has 3 nitrogen and oxygen atoms in total. The Balaban J connectivity index is 1.97. The number of carbonyl (C=O) groups is 1. The highest BCUT2D eigenvalue weighted by molar-refractivity contribution is 5.69. The van der Waals surface area contributed by atoms with Crippen LogP contribution in [0.5, 0.6) is 0 Å². The van der Waals surface area contributed by atoms with E-state index in [0.717, 1.165) is 18.9 Å². The van der Waals surface area contributed by atoms with Crippen LogP contribution >= 0.6 is 0 Å². The van der Waals surface area contributed by atoms with Gasteiger partial charge in [0.15, 0.2) is 0 Å². The highest BCUT2D eigenvalue weighted by Crippen LogP contribution is 2.30. The Bertz CT molecular complexity index is 222. The van der Waals surface area contributed by atoms with Gasteiger partial charge in [-0.25, -0.2) is 0 Å². The maximum Gasteiger partial charge on any atom is 0.305 e. The fourth-order valence-corrected chi connectivity index (χ4v) is 2.15. The molecule has 0 aromatic rings. The fraction of sp³-hybridized carbons (Fsp3) is 0.923. The van der Waals surface area contributed by atoms with E-state index in [-0.39, 0.29) is 5.97 Å². The van der Waals surface area contributed by atoms with Gasteiger partial charge in [-0.15, -0.1) is 0 Å². The van der Waals surface area contributed by atoms with Gasteiger partial charge in [0, 0.05) is 19.3 Å². The lowest BCUT2D eigenvalue weighted by Gasteiger charge is -2.29. The molecule has 0 radical (unpaired) electrons. The zero-order valence-corrected chi connectivity index (χ0v) is 11.0. The van der Waals surface area contributed by atoms with Gasteiger partial charge in [0.2, 0.25) is 0 Å². The van der Waals surface area contributed by atoms with Gasteiger partial charge < -0.3 is 9.22 Å². The summed E-state index contributed by atoms with van der Waals surface area (Å²) in [6, 6.07) is 0.907. The second-order valence-corrected chi connectivity index (χ2v) is 5.35. The number of rotatable bonds is 8. The predicted octanol–water partition coefficient (Wildman–Crippen LogP) is 2.35. The number of carbonyl (C=O) groups excluding carboxylic acids is 1. The van der Waals surface area contributed by atoms with Gasteiger partial charge in [0.1, 0.15) is 0 Å². The van der Waals surface area contributed by atoms with Crippen molar-refractivity contribution in [3.8, 4) is 0 Å². The summed E-state index contributed by atoms with van der Waals surface area (Å²) in [5.41, 5.74) is 0. The van der Waals surface area contributed by atoms with Crippen LogP contribution in [0.2, 0.25) is 0 Å². The van der Waals surface area contributed by atoms with Crippen molar-refractivity contribution < 1.29 is 14.0 Å². The van der Waals surface area contributed by atoms with Crippen LogP contribution in [0.1, 0.15) is 45.4 Å². The molecule has 1 rings (SSSR count). The first-order valence-electron chi connectivity index (χ1n) is 6.54. The summed E-state index contributed by atoms with van der Waals surface area (Å²) in [7, 11) is 4.64. The minimum Gasteiger partial charge on any atom is -0.466 e. The zero-order valence-electron chi connectivity index (χ0n) is 11.0. The third kappa shape index (κ3) is 4.97. The standard InChI is InChI=1S/C13H26NO2/c1-4-16-13(15)8-6-5-7-11-14(2,3)12-9-10-12/h12H,4-11H2,1-3H3/q+1. The molecule has 94 valence electrons. The van der Waals surface area contributed by atoms with Gasteiger partial charge in [-0.3, -0.25) is 4.79 Å². The van der Waals surface area contributed by atoms with Gasteiger partial charge in [-0.2, -0.15) is 0 Å². The molecule has 0 spiro atoms. The summed E-state index contributed by atoms with van der Waals surface area (Å²) < 4.78 is 6.06. The van der Waals surface area contributed by atoms with Crippen molar-refractivity contribution in [1.82, 2.24) is 0 Å². The molecule has 1 fully saturated rings. The first kappa shape index (κ1) is 13.5. The molecular formula is C13H26NO2+. The first-order chi connectivity index (χ1) is 7.56. The van der Waals surface area contributed by atoms with Crippen molar-refractivity contribution in [3.63, 3.8) is 0 Å². The van der Waals surface area contributed by atoms with Crippen molar-refractivity contribution in [2.75, 3.05) is 27.2 Å². The van der Waals surface area contributed by atoms with Crippen LogP contribution in [-0.4, -0.2) is 43.7 Å². The normalized spacial score (nSPS) is 16.2. The number of nitrogens with zero attached hydrogens (tertiary/aromatic N) is 1. The van der Waals surface area contributed by atoms with Crippen LogP contribution < -0.4 is 0 Å². The van der Waals surface area contributed by atoms with E-state index < -0.39 is 0 Å². The largest absolute Gasteiger partial charge is 0.466 e. The molecule has 1 aliphatic rings. The van der Waals surface area contributed by atoms with Gasteiger partial charge in [-0.05, 0) is 26.2 Å². The van der Waals surface area contributed by atoms with E-state index >= 15 is 0 Å². The monoisotopic (exact) mass is 228 g/mol. The number of quaternary nitrogens is 1. The van der Waals surface area contributed by atoms with Gasteiger partial charge in [0.25, 0.3) is 0 Å². The molecule has 0 amide bonds. The molecule has 0 unspecified atom stereocenters. The minimum atomic E-state index is -0.0431. The predicted molar refractivity (Wildman–Crippen MR) is 65.1 cm³/mol. The zero-order chi connectivity index (χ0) is 12.0. The molecule has 0 atom stereocenters. The molecule has 16 heavy (non-hydrogen) atoms. The lowest BCUT2D eigenvalue weighted by Crippen LogP contribution is -2.42. The quantitative estimate of drug-likeness (QED) is 0.362. The van der Waals surface area contributed by atoms with E-state index in [9.17, 15) is 4.79 Å². The van der Waals surface area contributed by atoms with E-state index in [1.807, 2.05) is 6.92 Å². The minimum absolute atomic E-state index is 0.0431. The Morgan fingerprint density at radius 3 is 2.50 bits per heavy atom. The van der Waals surface area contributed by atoms with Crippen LogP contribution in [0.25, 0.3) is 0 Å². The average Bonchev–Trinajstić information content (AvgIpc) is 3.00. The van der Waals surface area contributed by atoms with E-state index in [2.05, 4.69) is 14.1 Å². The van der Waals surface area contributed by atoms with E-state index in [4.69, 9.17) is 4.74 Å². The summed E-state index contributed by atoms with van der Waals surface area (Å²) in [5.74, 6) is -0.0431. The molecule has 0 aromatic carbocycles. The molecule has 0 aliphatic heterocycles. The molecular weight excluding hydrogens is 202 g/mol. The summed E-state index contributed by atoms with van der Waals surface area (Å²) in [5, 5.41) is 0. The highest BCUT2D eigenvalue weighted by Gasteiger charge is 2.37. The third-order valence-electron chi connectivity index (χ3n) is 3.46. The van der Waals surface area contributed by atoms with E-state index in [1.54, 1.807) is 0 Å². The number of unbranched alkanes of at least 4 members (excludes halogenated alkanes) is 2. The van der Waals surface area contributed by atoms with E-state index in [0.29, 0.717) is 13.0 Å². The van der Waals surface area contributed by atoms with Crippen LogP contribution in [0.4, 0.5) is 0 Å². The van der Waals surface area contributed by atoms with Crippen molar-refractivity contribution in [1.29, 1.82) is 0 Å². The smallest absolute Gasteiger partial charge is 0.305 e. The summed E-state index contributed by atoms with van der Waals surface area (Å²) in [6.45, 7) is 3.60. The van der Waals surface area contributed by atoms with Crippen LogP contribution in [-0.2, 0) is 9.53 Å². The fourth-order valence-electron chi connectivity index (χ4n) is 2.15. The molecule has 1 aliphatic carbocycles. The average molecular weight is 228 g/mol. The Hall–Kier alpha value is -0.570. The van der Waals surface area contributed by atoms with Crippen LogP contribution in [0.3, 0.4) is 0 Å². The van der Waals surface area contributed by atoms with Gasteiger partial charge >= 0.3 is 5.97 Å². The Morgan fingerprint density at radius 2 is 1.94 bits per heavy atom. The first-order valence-corrected chi connectivity index (χ1v) is 6.54. The van der Waals surface area contributed by atoms with E-state index in [1.165, 1.54) is 30.3 Å². The lowest BCUT2D eigenvalue weighted by molar-refractivity contribution is -0.901. The van der Waals surface area contributed by atoms with Crippen molar-refractivity contribution in [3.05, 3.63) is 0 Å². The summed E-state index contributed by atoms with van der Waals surface area (Å²) >= 11 is 0. The third-order valence-corrected chi connectivity index (χ3v) is 3.46. The van der Waals surface area contributed by atoms with Crippen molar-refractivity contribution in [2.45, 2.75) is 51.5 Å². The number of hydrogen-bond acceptors (Lipinski definition) is 2. The highest BCUT2D eigenvalue weighted by atomic mass is 16.5. The number of esters is 1. The molecule has 0 heterocycles. The van der Waals surface area contributed by atoms with Crippen LogP contribution in [0.15, 0.2) is 0 Å². The maximum absolute atomic E-state index is 11.1. The second kappa shape index (κ2) is 6.24. The number of hydrogen-bond donors (Lipinski definition) is 0. The van der Waals surface area contributed by atoms with Gasteiger partial charge in [0.05, 0.1) is 33.3 Å². The molecule has 0 bridgehead atoms.